The highest BCUT2D eigenvalue weighted by molar-refractivity contribution is 6.11. The number of oxime groups is 1. The lowest BCUT2D eigenvalue weighted by Gasteiger charge is -2.25. The van der Waals surface area contributed by atoms with E-state index in [1.807, 2.05) is 54.6 Å². The summed E-state index contributed by atoms with van der Waals surface area (Å²) in [5, 5.41) is 7.96. The van der Waals surface area contributed by atoms with Gasteiger partial charge in [0.05, 0.1) is 5.52 Å². The maximum Gasteiger partial charge on any atom is 0.248 e. The number of benzene rings is 4. The highest BCUT2D eigenvalue weighted by atomic mass is 16.7. The number of pyridine rings is 1. The summed E-state index contributed by atoms with van der Waals surface area (Å²) >= 11 is 0. The van der Waals surface area contributed by atoms with Crippen LogP contribution in [-0.4, -0.2) is 10.8 Å². The fraction of sp³-hybridized carbons (Fsp3) is 0.0370. The molecule has 31 heavy (non-hydrogen) atoms. The highest BCUT2D eigenvalue weighted by Crippen LogP contribution is 2.36. The van der Waals surface area contributed by atoms with Crippen LogP contribution in [0.4, 0.5) is 5.69 Å². The molecule has 1 atom stereocenters. The van der Waals surface area contributed by atoms with Gasteiger partial charge in [-0.25, -0.2) is 4.98 Å². The number of para-hydroxylation sites is 1. The molecule has 4 nitrogen and oxygen atoms in total. The first-order valence-electron chi connectivity index (χ1n) is 10.3. The Kier molecular flexibility index (Phi) is 4.13. The van der Waals surface area contributed by atoms with E-state index < -0.39 is 6.23 Å². The summed E-state index contributed by atoms with van der Waals surface area (Å²) in [7, 11) is 0. The monoisotopic (exact) mass is 401 g/mol. The van der Waals surface area contributed by atoms with Crippen molar-refractivity contribution in [2.75, 3.05) is 4.90 Å². The van der Waals surface area contributed by atoms with E-state index in [4.69, 9.17) is 9.82 Å². The zero-order valence-electron chi connectivity index (χ0n) is 16.7. The second-order valence-electron chi connectivity index (χ2n) is 7.57. The molecule has 0 radical (unpaired) electrons. The molecule has 4 heteroatoms. The number of amidine groups is 1. The fourth-order valence-corrected chi connectivity index (χ4v) is 4.07. The molecule has 0 unspecified atom stereocenters. The Morgan fingerprint density at radius 3 is 2.23 bits per heavy atom. The van der Waals surface area contributed by atoms with Gasteiger partial charge in [-0.05, 0) is 35.0 Å². The van der Waals surface area contributed by atoms with E-state index >= 15 is 0 Å². The van der Waals surface area contributed by atoms with Crippen LogP contribution in [0.3, 0.4) is 0 Å². The van der Waals surface area contributed by atoms with Crippen molar-refractivity contribution < 1.29 is 4.84 Å². The number of nitrogens with zero attached hydrogens (tertiary/aromatic N) is 3. The van der Waals surface area contributed by atoms with Crippen molar-refractivity contribution in [3.05, 3.63) is 120 Å². The van der Waals surface area contributed by atoms with Gasteiger partial charge in [0.25, 0.3) is 0 Å². The zero-order chi connectivity index (χ0) is 20.6. The van der Waals surface area contributed by atoms with Crippen LogP contribution >= 0.6 is 0 Å². The van der Waals surface area contributed by atoms with Crippen molar-refractivity contribution in [2.45, 2.75) is 6.23 Å². The van der Waals surface area contributed by atoms with Gasteiger partial charge in [0.2, 0.25) is 6.23 Å². The van der Waals surface area contributed by atoms with Gasteiger partial charge in [-0.1, -0.05) is 90.1 Å². The lowest BCUT2D eigenvalue weighted by atomic mass is 10.1. The first-order valence-corrected chi connectivity index (χ1v) is 10.3. The van der Waals surface area contributed by atoms with Crippen LogP contribution in [0, 0.1) is 0 Å². The van der Waals surface area contributed by atoms with E-state index in [9.17, 15) is 0 Å². The van der Waals surface area contributed by atoms with E-state index in [1.165, 1.54) is 10.8 Å². The fourth-order valence-electron chi connectivity index (χ4n) is 4.07. The van der Waals surface area contributed by atoms with Crippen LogP contribution in [0.2, 0.25) is 0 Å². The zero-order valence-corrected chi connectivity index (χ0v) is 16.7. The Hall–Kier alpha value is -4.18. The lowest BCUT2D eigenvalue weighted by Crippen LogP contribution is -2.31. The van der Waals surface area contributed by atoms with Crippen molar-refractivity contribution in [1.82, 2.24) is 4.98 Å². The van der Waals surface area contributed by atoms with Gasteiger partial charge >= 0.3 is 0 Å². The molecule has 4 aromatic carbocycles. The smallest absolute Gasteiger partial charge is 0.248 e. The van der Waals surface area contributed by atoms with E-state index in [0.29, 0.717) is 0 Å². The average molecular weight is 401 g/mol. The maximum atomic E-state index is 5.99. The summed E-state index contributed by atoms with van der Waals surface area (Å²) in [5.74, 6) is 0.774. The molecule has 1 aromatic heterocycles. The Morgan fingerprint density at radius 2 is 1.35 bits per heavy atom. The normalized spacial score (nSPS) is 15.8. The van der Waals surface area contributed by atoms with Crippen LogP contribution in [-0.2, 0) is 4.84 Å². The molecule has 0 aliphatic carbocycles. The lowest BCUT2D eigenvalue weighted by molar-refractivity contribution is 0.0839. The molecular weight excluding hydrogens is 382 g/mol. The number of hydrogen-bond donors (Lipinski definition) is 0. The standard InChI is InChI=1S/C27H19N3O/c1-2-10-21(11-3-1)26-29-31-27(25-17-15-20-9-6-7-13-24(20)28-25)30(26)23-16-14-19-8-4-5-12-22(19)18-23/h1-18,27H/t27-/m0/s1. The number of aromatic nitrogens is 1. The van der Waals surface area contributed by atoms with E-state index in [1.54, 1.807) is 0 Å². The van der Waals surface area contributed by atoms with Crippen LogP contribution in [0.1, 0.15) is 17.5 Å². The summed E-state index contributed by atoms with van der Waals surface area (Å²) in [6.07, 6.45) is -0.444. The first-order chi connectivity index (χ1) is 15.4. The summed E-state index contributed by atoms with van der Waals surface area (Å²) in [5.41, 5.74) is 3.77. The molecule has 6 rings (SSSR count). The van der Waals surface area contributed by atoms with Crippen LogP contribution in [0.25, 0.3) is 21.7 Å². The molecular formula is C27H19N3O. The van der Waals surface area contributed by atoms with E-state index in [2.05, 4.69) is 64.7 Å². The minimum atomic E-state index is -0.444. The first kappa shape index (κ1) is 17.7. The largest absolute Gasteiger partial charge is 0.361 e. The minimum Gasteiger partial charge on any atom is -0.361 e. The molecule has 0 N–H and O–H groups in total. The van der Waals surface area contributed by atoms with Crippen molar-refractivity contribution in [2.24, 2.45) is 5.16 Å². The second-order valence-corrected chi connectivity index (χ2v) is 7.57. The number of anilines is 1. The topological polar surface area (TPSA) is 37.7 Å². The van der Waals surface area contributed by atoms with E-state index in [0.717, 1.165) is 33.7 Å². The van der Waals surface area contributed by atoms with Crippen molar-refractivity contribution in [3.63, 3.8) is 0 Å². The molecule has 2 heterocycles. The quantitative estimate of drug-likeness (QED) is 0.357. The van der Waals surface area contributed by atoms with Crippen molar-refractivity contribution >= 4 is 33.2 Å². The van der Waals surface area contributed by atoms with Gasteiger partial charge < -0.3 is 4.84 Å². The average Bonchev–Trinajstić information content (AvgIpc) is 3.29. The molecule has 0 amide bonds. The summed E-state index contributed by atoms with van der Waals surface area (Å²) < 4.78 is 0. The number of hydrogen-bond acceptors (Lipinski definition) is 4. The molecule has 0 fully saturated rings. The van der Waals surface area contributed by atoms with Crippen LogP contribution < -0.4 is 4.90 Å². The molecule has 5 aromatic rings. The third kappa shape index (κ3) is 3.09. The van der Waals surface area contributed by atoms with Gasteiger partial charge in [-0.15, -0.1) is 0 Å². The van der Waals surface area contributed by atoms with Crippen LogP contribution in [0.5, 0.6) is 0 Å². The second kappa shape index (κ2) is 7.26. The Morgan fingerprint density at radius 1 is 0.645 bits per heavy atom. The van der Waals surface area contributed by atoms with Crippen LogP contribution in [0.15, 0.2) is 114 Å². The molecule has 1 aliphatic heterocycles. The third-order valence-corrected chi connectivity index (χ3v) is 5.62. The van der Waals surface area contributed by atoms with E-state index in [-0.39, 0.29) is 0 Å². The number of fused-ring (bicyclic) bond motifs is 2. The Balaban J connectivity index is 1.50. The maximum absolute atomic E-state index is 5.99. The highest BCUT2D eigenvalue weighted by Gasteiger charge is 2.35. The molecule has 0 spiro atoms. The molecule has 0 bridgehead atoms. The Bertz CT molecular complexity index is 1430. The predicted octanol–water partition coefficient (Wildman–Crippen LogP) is 6.29. The minimum absolute atomic E-state index is 0.444. The van der Waals surface area contributed by atoms with Gasteiger partial charge in [0.1, 0.15) is 5.69 Å². The summed E-state index contributed by atoms with van der Waals surface area (Å²) in [6.45, 7) is 0. The SMILES string of the molecule is c1ccc(C2=NO[C@@H](c3ccc4ccccc4n3)N2c2ccc3ccccc3c2)cc1. The number of rotatable bonds is 3. The molecule has 0 saturated carbocycles. The van der Waals surface area contributed by atoms with Gasteiger partial charge in [0.15, 0.2) is 5.84 Å². The predicted molar refractivity (Wildman–Crippen MR) is 125 cm³/mol. The van der Waals surface area contributed by atoms with Gasteiger partial charge in [-0.3, -0.25) is 4.90 Å². The molecule has 148 valence electrons. The molecule has 1 aliphatic rings. The molecule has 0 saturated heterocycles. The van der Waals surface area contributed by atoms with Crippen molar-refractivity contribution in [1.29, 1.82) is 0 Å². The summed E-state index contributed by atoms with van der Waals surface area (Å²) in [4.78, 5) is 13.0. The van der Waals surface area contributed by atoms with Crippen molar-refractivity contribution in [3.8, 4) is 0 Å². The third-order valence-electron chi connectivity index (χ3n) is 5.62. The van der Waals surface area contributed by atoms with Gasteiger partial charge in [0, 0.05) is 16.6 Å². The van der Waals surface area contributed by atoms with Gasteiger partial charge in [-0.2, -0.15) is 0 Å². The Labute approximate surface area is 180 Å². The summed E-state index contributed by atoms with van der Waals surface area (Å²) in [6, 6.07) is 37.1.